The number of ether oxygens (including phenoxy) is 2. The van der Waals surface area contributed by atoms with Crippen LogP contribution in [-0.2, 0) is 4.74 Å². The van der Waals surface area contributed by atoms with Gasteiger partial charge in [0.25, 0.3) is 11.8 Å². The van der Waals surface area contributed by atoms with Crippen LogP contribution in [0.15, 0.2) is 48.5 Å². The van der Waals surface area contributed by atoms with E-state index in [1.165, 1.54) is 0 Å². The van der Waals surface area contributed by atoms with Crippen molar-refractivity contribution in [3.05, 3.63) is 59.7 Å². The number of amides is 2. The highest BCUT2D eigenvalue weighted by Gasteiger charge is 2.18. The van der Waals surface area contributed by atoms with E-state index in [9.17, 15) is 9.59 Å². The SMILES string of the molecule is COc1ccc(C(=O)Nc2cccc(C(=O)N3CCOCC3)c2)cc1. The van der Waals surface area contributed by atoms with Crippen LogP contribution in [0.2, 0.25) is 0 Å². The number of carbonyl (C=O) groups is 2. The summed E-state index contributed by atoms with van der Waals surface area (Å²) in [4.78, 5) is 26.6. The fourth-order valence-electron chi connectivity index (χ4n) is 2.62. The number of nitrogens with zero attached hydrogens (tertiary/aromatic N) is 1. The maximum Gasteiger partial charge on any atom is 0.255 e. The van der Waals surface area contributed by atoms with Gasteiger partial charge in [0.05, 0.1) is 20.3 Å². The Hall–Kier alpha value is -2.86. The average molecular weight is 340 g/mol. The number of nitrogens with one attached hydrogen (secondary N) is 1. The topological polar surface area (TPSA) is 67.9 Å². The highest BCUT2D eigenvalue weighted by Crippen LogP contribution is 2.16. The van der Waals surface area contributed by atoms with Gasteiger partial charge in [-0.2, -0.15) is 0 Å². The fourth-order valence-corrected chi connectivity index (χ4v) is 2.62. The largest absolute Gasteiger partial charge is 0.497 e. The molecule has 1 heterocycles. The van der Waals surface area contributed by atoms with Gasteiger partial charge in [0.2, 0.25) is 0 Å². The first-order valence-electron chi connectivity index (χ1n) is 8.10. The third kappa shape index (κ3) is 4.16. The average Bonchev–Trinajstić information content (AvgIpc) is 2.68. The quantitative estimate of drug-likeness (QED) is 0.928. The lowest BCUT2D eigenvalue weighted by atomic mass is 10.1. The molecule has 0 radical (unpaired) electrons. The summed E-state index contributed by atoms with van der Waals surface area (Å²) in [5, 5.41) is 2.82. The zero-order valence-corrected chi connectivity index (χ0v) is 14.0. The minimum atomic E-state index is -0.237. The molecule has 1 aliphatic rings. The fraction of sp³-hybridized carbons (Fsp3) is 0.263. The molecule has 0 atom stereocenters. The predicted molar refractivity (Wildman–Crippen MR) is 94.1 cm³/mol. The standard InChI is InChI=1S/C19H20N2O4/c1-24-17-7-5-14(6-8-17)18(22)20-16-4-2-3-15(13-16)19(23)21-9-11-25-12-10-21/h2-8,13H,9-12H2,1H3,(H,20,22). The molecular formula is C19H20N2O4. The molecule has 25 heavy (non-hydrogen) atoms. The summed E-state index contributed by atoms with van der Waals surface area (Å²) in [6.07, 6.45) is 0. The van der Waals surface area contributed by atoms with Gasteiger partial charge in [-0.3, -0.25) is 9.59 Å². The molecule has 2 aromatic rings. The summed E-state index contributed by atoms with van der Waals surface area (Å²) in [5.74, 6) is 0.400. The van der Waals surface area contributed by atoms with Crippen molar-refractivity contribution in [3.63, 3.8) is 0 Å². The molecule has 1 N–H and O–H groups in total. The van der Waals surface area contributed by atoms with Crippen LogP contribution >= 0.6 is 0 Å². The number of carbonyl (C=O) groups excluding carboxylic acids is 2. The van der Waals surface area contributed by atoms with Gasteiger partial charge in [0, 0.05) is 29.9 Å². The maximum atomic E-state index is 12.5. The Morgan fingerprint density at radius 3 is 2.44 bits per heavy atom. The minimum Gasteiger partial charge on any atom is -0.497 e. The number of hydrogen-bond donors (Lipinski definition) is 1. The van der Waals surface area contributed by atoms with Gasteiger partial charge in [-0.1, -0.05) is 6.07 Å². The lowest BCUT2D eigenvalue weighted by Gasteiger charge is -2.27. The third-order valence-corrected chi connectivity index (χ3v) is 4.02. The molecule has 0 spiro atoms. The van der Waals surface area contributed by atoms with E-state index >= 15 is 0 Å². The Morgan fingerprint density at radius 2 is 1.76 bits per heavy atom. The minimum absolute atomic E-state index is 0.0520. The van der Waals surface area contributed by atoms with Gasteiger partial charge in [-0.05, 0) is 42.5 Å². The van der Waals surface area contributed by atoms with Crippen molar-refractivity contribution >= 4 is 17.5 Å². The molecule has 0 aliphatic carbocycles. The van der Waals surface area contributed by atoms with E-state index in [0.717, 1.165) is 0 Å². The molecule has 1 saturated heterocycles. The number of rotatable bonds is 4. The summed E-state index contributed by atoms with van der Waals surface area (Å²) in [5.41, 5.74) is 1.65. The highest BCUT2D eigenvalue weighted by molar-refractivity contribution is 6.05. The first kappa shape index (κ1) is 17.0. The van der Waals surface area contributed by atoms with Crippen LogP contribution in [0, 0.1) is 0 Å². The molecule has 6 heteroatoms. The van der Waals surface area contributed by atoms with Gasteiger partial charge in [-0.25, -0.2) is 0 Å². The van der Waals surface area contributed by atoms with E-state index in [-0.39, 0.29) is 11.8 Å². The van der Waals surface area contributed by atoms with Crippen LogP contribution in [0.4, 0.5) is 5.69 Å². The van der Waals surface area contributed by atoms with Crippen molar-refractivity contribution in [2.75, 3.05) is 38.7 Å². The lowest BCUT2D eigenvalue weighted by Crippen LogP contribution is -2.40. The predicted octanol–water partition coefficient (Wildman–Crippen LogP) is 2.42. The molecule has 3 rings (SSSR count). The Bertz CT molecular complexity index is 752. The molecular weight excluding hydrogens is 320 g/mol. The van der Waals surface area contributed by atoms with E-state index < -0.39 is 0 Å². The zero-order valence-electron chi connectivity index (χ0n) is 14.0. The van der Waals surface area contributed by atoms with Crippen LogP contribution in [0.5, 0.6) is 5.75 Å². The number of morpholine rings is 1. The molecule has 0 bridgehead atoms. The van der Waals surface area contributed by atoms with Crippen molar-refractivity contribution in [2.24, 2.45) is 0 Å². The van der Waals surface area contributed by atoms with Crippen LogP contribution in [0.25, 0.3) is 0 Å². The second-order valence-corrected chi connectivity index (χ2v) is 5.67. The van der Waals surface area contributed by atoms with Gasteiger partial charge in [-0.15, -0.1) is 0 Å². The second-order valence-electron chi connectivity index (χ2n) is 5.67. The molecule has 2 amide bonds. The lowest BCUT2D eigenvalue weighted by molar-refractivity contribution is 0.0303. The summed E-state index contributed by atoms with van der Waals surface area (Å²) in [6, 6.07) is 13.8. The monoisotopic (exact) mass is 340 g/mol. The first-order chi connectivity index (χ1) is 12.2. The third-order valence-electron chi connectivity index (χ3n) is 4.02. The summed E-state index contributed by atoms with van der Waals surface area (Å²) < 4.78 is 10.4. The van der Waals surface area contributed by atoms with Crippen molar-refractivity contribution in [1.29, 1.82) is 0 Å². The normalized spacial score (nSPS) is 14.0. The van der Waals surface area contributed by atoms with Crippen molar-refractivity contribution in [3.8, 4) is 5.75 Å². The van der Waals surface area contributed by atoms with Crippen molar-refractivity contribution in [2.45, 2.75) is 0 Å². The zero-order chi connectivity index (χ0) is 17.6. The van der Waals surface area contributed by atoms with Crippen LogP contribution in [0.3, 0.4) is 0 Å². The molecule has 0 aromatic heterocycles. The first-order valence-corrected chi connectivity index (χ1v) is 8.10. The van der Waals surface area contributed by atoms with E-state index in [4.69, 9.17) is 9.47 Å². The molecule has 1 fully saturated rings. The second kappa shape index (κ2) is 7.81. The van der Waals surface area contributed by atoms with E-state index in [0.29, 0.717) is 48.9 Å². The number of anilines is 1. The molecule has 0 saturated carbocycles. The Labute approximate surface area is 146 Å². The Kier molecular flexibility index (Phi) is 5.30. The molecule has 6 nitrogen and oxygen atoms in total. The Balaban J connectivity index is 1.70. The highest BCUT2D eigenvalue weighted by atomic mass is 16.5. The van der Waals surface area contributed by atoms with Crippen LogP contribution < -0.4 is 10.1 Å². The van der Waals surface area contributed by atoms with Crippen LogP contribution in [0.1, 0.15) is 20.7 Å². The van der Waals surface area contributed by atoms with Gasteiger partial charge in [0.15, 0.2) is 0 Å². The number of methoxy groups -OCH3 is 1. The molecule has 2 aromatic carbocycles. The molecule has 130 valence electrons. The van der Waals surface area contributed by atoms with Crippen LogP contribution in [-0.4, -0.2) is 50.1 Å². The molecule has 1 aliphatic heterocycles. The maximum absolute atomic E-state index is 12.5. The van der Waals surface area contributed by atoms with E-state index in [1.54, 1.807) is 60.5 Å². The summed E-state index contributed by atoms with van der Waals surface area (Å²) in [7, 11) is 1.58. The smallest absolute Gasteiger partial charge is 0.255 e. The van der Waals surface area contributed by atoms with Crippen molar-refractivity contribution < 1.29 is 19.1 Å². The van der Waals surface area contributed by atoms with Gasteiger partial charge < -0.3 is 19.7 Å². The number of hydrogen-bond acceptors (Lipinski definition) is 4. The number of benzene rings is 2. The summed E-state index contributed by atoms with van der Waals surface area (Å²) in [6.45, 7) is 2.28. The van der Waals surface area contributed by atoms with Crippen molar-refractivity contribution in [1.82, 2.24) is 4.90 Å². The molecule has 0 unspecified atom stereocenters. The van der Waals surface area contributed by atoms with E-state index in [1.807, 2.05) is 0 Å². The van der Waals surface area contributed by atoms with Gasteiger partial charge in [0.1, 0.15) is 5.75 Å². The van der Waals surface area contributed by atoms with Gasteiger partial charge >= 0.3 is 0 Å². The Morgan fingerprint density at radius 1 is 1.04 bits per heavy atom. The van der Waals surface area contributed by atoms with E-state index in [2.05, 4.69) is 5.32 Å². The summed E-state index contributed by atoms with van der Waals surface area (Å²) >= 11 is 0.